The molecule has 1 aliphatic rings. The highest BCUT2D eigenvalue weighted by Gasteiger charge is 2.23. The molecule has 4 heteroatoms. The molecule has 0 aliphatic carbocycles. The van der Waals surface area contributed by atoms with Crippen LogP contribution in [-0.4, -0.2) is 40.9 Å². The average Bonchev–Trinajstić information content (AvgIpc) is 2.82. The Morgan fingerprint density at radius 2 is 2.17 bits per heavy atom. The van der Waals surface area contributed by atoms with Crippen LogP contribution in [0.3, 0.4) is 0 Å². The Kier molecular flexibility index (Phi) is 5.08. The number of hydrogen-bond donors (Lipinski definition) is 1. The van der Waals surface area contributed by atoms with Gasteiger partial charge in [-0.05, 0) is 30.7 Å². The lowest BCUT2D eigenvalue weighted by Gasteiger charge is -2.15. The molecule has 0 aromatic heterocycles. The third kappa shape index (κ3) is 4.03. The molecule has 1 amide bonds. The van der Waals surface area contributed by atoms with E-state index in [0.29, 0.717) is 19.5 Å². The topological polar surface area (TPSA) is 40.5 Å². The third-order valence-corrected chi connectivity index (χ3v) is 4.16. The van der Waals surface area contributed by atoms with Crippen molar-refractivity contribution in [1.29, 1.82) is 0 Å². The largest absolute Gasteiger partial charge is 0.391 e. The highest BCUT2D eigenvalue weighted by molar-refractivity contribution is 7.99. The zero-order valence-corrected chi connectivity index (χ0v) is 11.2. The predicted molar refractivity (Wildman–Crippen MR) is 73.6 cm³/mol. The Hall–Kier alpha value is -1.00. The number of likely N-dealkylation sites (tertiary alicyclic amines) is 1. The summed E-state index contributed by atoms with van der Waals surface area (Å²) in [5, 5.41) is 9.37. The van der Waals surface area contributed by atoms with E-state index in [9.17, 15) is 9.90 Å². The van der Waals surface area contributed by atoms with Gasteiger partial charge in [-0.15, -0.1) is 11.8 Å². The molecular weight excluding hydrogens is 246 g/mol. The van der Waals surface area contributed by atoms with Crippen molar-refractivity contribution in [2.45, 2.75) is 30.3 Å². The van der Waals surface area contributed by atoms with Gasteiger partial charge in [-0.2, -0.15) is 0 Å². The Morgan fingerprint density at radius 3 is 2.83 bits per heavy atom. The second-order valence-electron chi connectivity index (χ2n) is 4.55. The number of aliphatic hydroxyl groups is 1. The number of benzene rings is 1. The van der Waals surface area contributed by atoms with Crippen LogP contribution in [0.15, 0.2) is 35.2 Å². The number of carbonyl (C=O) groups is 1. The summed E-state index contributed by atoms with van der Waals surface area (Å²) in [6.45, 7) is 1.23. The van der Waals surface area contributed by atoms with Gasteiger partial charge in [0.15, 0.2) is 0 Å². The number of carbonyl (C=O) groups excluding carboxylic acids is 1. The molecule has 1 aromatic carbocycles. The molecular formula is C14H19NO2S. The van der Waals surface area contributed by atoms with E-state index in [1.54, 1.807) is 16.7 Å². The van der Waals surface area contributed by atoms with Crippen LogP contribution in [-0.2, 0) is 4.79 Å². The second kappa shape index (κ2) is 6.81. The SMILES string of the molecule is O=C(CCCSc1ccccc1)N1CC[C@@H](O)C1. The highest BCUT2D eigenvalue weighted by Crippen LogP contribution is 2.19. The number of nitrogens with zero attached hydrogens (tertiary/aromatic N) is 1. The van der Waals surface area contributed by atoms with Crippen molar-refractivity contribution in [2.24, 2.45) is 0 Å². The zero-order valence-electron chi connectivity index (χ0n) is 10.4. The van der Waals surface area contributed by atoms with Crippen molar-refractivity contribution in [3.63, 3.8) is 0 Å². The first kappa shape index (κ1) is 13.4. The number of amides is 1. The minimum Gasteiger partial charge on any atom is -0.391 e. The van der Waals surface area contributed by atoms with E-state index in [1.165, 1.54) is 4.90 Å². The number of thioether (sulfide) groups is 1. The van der Waals surface area contributed by atoms with Gasteiger partial charge in [0.05, 0.1) is 6.10 Å². The van der Waals surface area contributed by atoms with Gasteiger partial charge in [-0.1, -0.05) is 18.2 Å². The maximum atomic E-state index is 11.8. The average molecular weight is 265 g/mol. The molecule has 1 aliphatic heterocycles. The maximum absolute atomic E-state index is 11.8. The van der Waals surface area contributed by atoms with E-state index in [1.807, 2.05) is 18.2 Å². The van der Waals surface area contributed by atoms with Gasteiger partial charge in [-0.25, -0.2) is 0 Å². The van der Waals surface area contributed by atoms with Crippen LogP contribution >= 0.6 is 11.8 Å². The Balaban J connectivity index is 1.62. The molecule has 98 valence electrons. The molecule has 0 radical (unpaired) electrons. The van der Waals surface area contributed by atoms with Gasteiger partial charge < -0.3 is 10.0 Å². The van der Waals surface area contributed by atoms with Gasteiger partial charge >= 0.3 is 0 Å². The molecule has 3 nitrogen and oxygen atoms in total. The highest BCUT2D eigenvalue weighted by atomic mass is 32.2. The summed E-state index contributed by atoms with van der Waals surface area (Å²) in [6, 6.07) is 10.2. The van der Waals surface area contributed by atoms with E-state index in [4.69, 9.17) is 0 Å². The monoisotopic (exact) mass is 265 g/mol. The second-order valence-corrected chi connectivity index (χ2v) is 5.72. The van der Waals surface area contributed by atoms with E-state index < -0.39 is 0 Å². The van der Waals surface area contributed by atoms with Crippen LogP contribution in [0.25, 0.3) is 0 Å². The van der Waals surface area contributed by atoms with E-state index in [-0.39, 0.29) is 12.0 Å². The van der Waals surface area contributed by atoms with Gasteiger partial charge in [0.25, 0.3) is 0 Å². The Labute approximate surface area is 112 Å². The van der Waals surface area contributed by atoms with Crippen molar-refractivity contribution < 1.29 is 9.90 Å². The van der Waals surface area contributed by atoms with Gasteiger partial charge in [-0.3, -0.25) is 4.79 Å². The van der Waals surface area contributed by atoms with E-state index in [0.717, 1.165) is 18.6 Å². The lowest BCUT2D eigenvalue weighted by molar-refractivity contribution is -0.130. The molecule has 1 saturated heterocycles. The summed E-state index contributed by atoms with van der Waals surface area (Å²) in [6.07, 6.45) is 1.90. The molecule has 18 heavy (non-hydrogen) atoms. The fourth-order valence-corrected chi connectivity index (χ4v) is 2.93. The zero-order chi connectivity index (χ0) is 12.8. The van der Waals surface area contributed by atoms with Crippen molar-refractivity contribution in [2.75, 3.05) is 18.8 Å². The van der Waals surface area contributed by atoms with Gasteiger partial charge in [0, 0.05) is 24.4 Å². The first-order valence-corrected chi connectivity index (χ1v) is 7.38. The summed E-state index contributed by atoms with van der Waals surface area (Å²) in [5.41, 5.74) is 0. The fourth-order valence-electron chi connectivity index (χ4n) is 2.06. The van der Waals surface area contributed by atoms with Crippen LogP contribution < -0.4 is 0 Å². The minimum atomic E-state index is -0.312. The smallest absolute Gasteiger partial charge is 0.222 e. The Bertz CT molecular complexity index is 383. The number of rotatable bonds is 5. The minimum absolute atomic E-state index is 0.181. The third-order valence-electron chi connectivity index (χ3n) is 3.06. The summed E-state index contributed by atoms with van der Waals surface area (Å²) < 4.78 is 0. The quantitative estimate of drug-likeness (QED) is 0.655. The van der Waals surface area contributed by atoms with Crippen molar-refractivity contribution in [1.82, 2.24) is 4.90 Å². The molecule has 1 N–H and O–H groups in total. The molecule has 2 rings (SSSR count). The van der Waals surface area contributed by atoms with Crippen molar-refractivity contribution in [3.8, 4) is 0 Å². The lowest BCUT2D eigenvalue weighted by Crippen LogP contribution is -2.29. The summed E-state index contributed by atoms with van der Waals surface area (Å²) in [4.78, 5) is 14.8. The normalized spacial score (nSPS) is 19.2. The molecule has 0 bridgehead atoms. The van der Waals surface area contributed by atoms with Crippen molar-refractivity contribution >= 4 is 17.7 Å². The van der Waals surface area contributed by atoms with E-state index >= 15 is 0 Å². The van der Waals surface area contributed by atoms with Crippen LogP contribution in [0.1, 0.15) is 19.3 Å². The Morgan fingerprint density at radius 1 is 1.39 bits per heavy atom. The molecule has 0 spiro atoms. The van der Waals surface area contributed by atoms with Crippen LogP contribution in [0, 0.1) is 0 Å². The van der Waals surface area contributed by atoms with Gasteiger partial charge in [0.2, 0.25) is 5.91 Å². The molecule has 1 heterocycles. The first-order valence-electron chi connectivity index (χ1n) is 6.39. The van der Waals surface area contributed by atoms with Gasteiger partial charge in [0.1, 0.15) is 0 Å². The molecule has 1 aromatic rings. The van der Waals surface area contributed by atoms with Crippen LogP contribution in [0.2, 0.25) is 0 Å². The summed E-state index contributed by atoms with van der Waals surface area (Å²) >= 11 is 1.79. The fraction of sp³-hybridized carbons (Fsp3) is 0.500. The van der Waals surface area contributed by atoms with Crippen LogP contribution in [0.5, 0.6) is 0 Å². The standard InChI is InChI=1S/C14H19NO2S/c16-12-8-9-15(11-12)14(17)7-4-10-18-13-5-2-1-3-6-13/h1-3,5-6,12,16H,4,7-11H2/t12-/m1/s1. The molecule has 0 unspecified atom stereocenters. The summed E-state index contributed by atoms with van der Waals surface area (Å²) in [5.74, 6) is 1.15. The van der Waals surface area contributed by atoms with E-state index in [2.05, 4.69) is 12.1 Å². The molecule has 1 atom stereocenters. The summed E-state index contributed by atoms with van der Waals surface area (Å²) in [7, 11) is 0. The lowest BCUT2D eigenvalue weighted by atomic mass is 10.3. The maximum Gasteiger partial charge on any atom is 0.222 e. The van der Waals surface area contributed by atoms with Crippen LogP contribution in [0.4, 0.5) is 0 Å². The first-order chi connectivity index (χ1) is 8.75. The molecule has 1 fully saturated rings. The number of aliphatic hydroxyl groups excluding tert-OH is 1. The molecule has 0 saturated carbocycles. The number of hydrogen-bond acceptors (Lipinski definition) is 3. The predicted octanol–water partition coefficient (Wildman–Crippen LogP) is 2.15. The van der Waals surface area contributed by atoms with Crippen molar-refractivity contribution in [3.05, 3.63) is 30.3 Å². The number of β-amino-alcohol motifs (C(OH)–C–C–N with tert-alkyl or cyclic N) is 1.